The number of hydrogen-bond donors (Lipinski definition) is 0. The maximum Gasteiger partial charge on any atom is 0.407 e. The highest BCUT2D eigenvalue weighted by Gasteiger charge is 2.71. The zero-order chi connectivity index (χ0) is 20.1. The van der Waals surface area contributed by atoms with Crippen molar-refractivity contribution in [3.63, 3.8) is 0 Å². The molecule has 0 aliphatic rings. The summed E-state index contributed by atoms with van der Waals surface area (Å²) in [6.07, 6.45) is -9.52. The summed E-state index contributed by atoms with van der Waals surface area (Å²) in [5, 5.41) is 0. The standard InChI is InChI=1S/C21H20F6/c1-2-3-9-14-19(20(22,23)24,21(25,26)27)18-13-8-7-12-17(18)15-16-10-5-4-6-11-16/h3-13H,2,14-15H2,1H3/b9-3-. The summed E-state index contributed by atoms with van der Waals surface area (Å²) in [5.74, 6) is 0. The summed E-state index contributed by atoms with van der Waals surface area (Å²) in [7, 11) is 0. The lowest BCUT2D eigenvalue weighted by molar-refractivity contribution is -0.302. The molecule has 27 heavy (non-hydrogen) atoms. The van der Waals surface area contributed by atoms with Gasteiger partial charge in [0, 0.05) is 0 Å². The Morgan fingerprint density at radius 3 is 1.85 bits per heavy atom. The second-order valence-corrected chi connectivity index (χ2v) is 6.30. The first-order chi connectivity index (χ1) is 12.6. The van der Waals surface area contributed by atoms with E-state index in [-0.39, 0.29) is 12.0 Å². The van der Waals surface area contributed by atoms with Crippen LogP contribution in [0.4, 0.5) is 26.3 Å². The number of benzene rings is 2. The van der Waals surface area contributed by atoms with Gasteiger partial charge in [-0.2, -0.15) is 26.3 Å². The second kappa shape index (κ2) is 8.19. The first-order valence-electron chi connectivity index (χ1n) is 8.54. The Morgan fingerprint density at radius 2 is 1.30 bits per heavy atom. The average molecular weight is 386 g/mol. The fourth-order valence-electron chi connectivity index (χ4n) is 3.14. The molecule has 0 saturated heterocycles. The highest BCUT2D eigenvalue weighted by atomic mass is 19.4. The zero-order valence-corrected chi connectivity index (χ0v) is 14.7. The van der Waals surface area contributed by atoms with Crippen LogP contribution in [-0.2, 0) is 11.8 Å². The quantitative estimate of drug-likeness (QED) is 0.370. The molecule has 0 N–H and O–H groups in total. The predicted molar refractivity (Wildman–Crippen MR) is 93.5 cm³/mol. The molecule has 0 heterocycles. The summed E-state index contributed by atoms with van der Waals surface area (Å²) in [6, 6.07) is 13.4. The van der Waals surface area contributed by atoms with Crippen molar-refractivity contribution in [3.05, 3.63) is 83.4 Å². The first kappa shape index (κ1) is 21.1. The smallest absolute Gasteiger partial charge is 0.170 e. The largest absolute Gasteiger partial charge is 0.407 e. The van der Waals surface area contributed by atoms with Crippen LogP contribution in [0.3, 0.4) is 0 Å². The van der Waals surface area contributed by atoms with E-state index < -0.39 is 29.8 Å². The molecule has 6 heteroatoms. The van der Waals surface area contributed by atoms with Crippen molar-refractivity contribution in [1.82, 2.24) is 0 Å². The van der Waals surface area contributed by atoms with Crippen LogP contribution in [-0.4, -0.2) is 12.4 Å². The van der Waals surface area contributed by atoms with Gasteiger partial charge in [0.25, 0.3) is 0 Å². The maximum atomic E-state index is 13.9. The van der Waals surface area contributed by atoms with Gasteiger partial charge >= 0.3 is 12.4 Å². The topological polar surface area (TPSA) is 0 Å². The molecule has 0 amide bonds. The molecule has 0 aliphatic heterocycles. The number of halogens is 6. The van der Waals surface area contributed by atoms with Crippen LogP contribution in [0.25, 0.3) is 0 Å². The van der Waals surface area contributed by atoms with Crippen molar-refractivity contribution in [1.29, 1.82) is 0 Å². The highest BCUT2D eigenvalue weighted by Crippen LogP contribution is 2.55. The van der Waals surface area contributed by atoms with Crippen LogP contribution in [0.5, 0.6) is 0 Å². The molecule has 0 unspecified atom stereocenters. The number of hydrogen-bond acceptors (Lipinski definition) is 0. The van der Waals surface area contributed by atoms with E-state index in [2.05, 4.69) is 0 Å². The minimum Gasteiger partial charge on any atom is -0.170 e. The van der Waals surface area contributed by atoms with Gasteiger partial charge in [-0.05, 0) is 36.0 Å². The summed E-state index contributed by atoms with van der Waals surface area (Å²) in [4.78, 5) is 0. The van der Waals surface area contributed by atoms with E-state index in [1.54, 1.807) is 37.3 Å². The molecule has 2 aromatic rings. The highest BCUT2D eigenvalue weighted by molar-refractivity contribution is 5.41. The minimum absolute atomic E-state index is 0.0115. The third kappa shape index (κ3) is 4.37. The molecule has 0 radical (unpaired) electrons. The Labute approximate surface area is 154 Å². The lowest BCUT2D eigenvalue weighted by Crippen LogP contribution is -2.54. The molecule has 0 fully saturated rings. The predicted octanol–water partition coefficient (Wildman–Crippen LogP) is 7.00. The van der Waals surface area contributed by atoms with E-state index >= 15 is 0 Å². The van der Waals surface area contributed by atoms with Gasteiger partial charge in [0.15, 0.2) is 5.41 Å². The third-order valence-electron chi connectivity index (χ3n) is 4.51. The van der Waals surface area contributed by atoms with Crippen LogP contribution in [0.15, 0.2) is 66.7 Å². The second-order valence-electron chi connectivity index (χ2n) is 6.30. The van der Waals surface area contributed by atoms with Crippen LogP contribution in [0.2, 0.25) is 0 Å². The Bertz CT molecular complexity index is 742. The molecular formula is C21H20F6. The van der Waals surface area contributed by atoms with E-state index in [1.807, 2.05) is 0 Å². The third-order valence-corrected chi connectivity index (χ3v) is 4.51. The Kier molecular flexibility index (Phi) is 6.39. The summed E-state index contributed by atoms with van der Waals surface area (Å²) < 4.78 is 83.7. The molecule has 0 bridgehead atoms. The summed E-state index contributed by atoms with van der Waals surface area (Å²) >= 11 is 0. The number of allylic oxidation sites excluding steroid dienone is 2. The lowest BCUT2D eigenvalue weighted by Gasteiger charge is -2.38. The SMILES string of the molecule is CC/C=C\CC(c1ccccc1Cc1ccccc1)(C(F)(F)F)C(F)(F)F. The Balaban J connectivity index is 2.67. The normalized spacial score (nSPS) is 13.3. The van der Waals surface area contributed by atoms with Crippen molar-refractivity contribution in [2.45, 2.75) is 44.0 Å². The van der Waals surface area contributed by atoms with Gasteiger partial charge < -0.3 is 0 Å². The summed E-state index contributed by atoms with van der Waals surface area (Å²) in [5.41, 5.74) is -4.03. The molecule has 0 atom stereocenters. The van der Waals surface area contributed by atoms with Gasteiger partial charge in [-0.1, -0.05) is 73.7 Å². The lowest BCUT2D eigenvalue weighted by atomic mass is 9.73. The average Bonchev–Trinajstić information content (AvgIpc) is 2.58. The molecule has 2 aromatic carbocycles. The van der Waals surface area contributed by atoms with Gasteiger partial charge in [-0.3, -0.25) is 0 Å². The first-order valence-corrected chi connectivity index (χ1v) is 8.54. The van der Waals surface area contributed by atoms with Gasteiger partial charge in [0.2, 0.25) is 0 Å². The minimum atomic E-state index is -5.49. The van der Waals surface area contributed by atoms with Gasteiger partial charge in [-0.25, -0.2) is 0 Å². The van der Waals surface area contributed by atoms with E-state index in [1.165, 1.54) is 24.3 Å². The van der Waals surface area contributed by atoms with Crippen LogP contribution in [0.1, 0.15) is 36.5 Å². The molecule has 0 aromatic heterocycles. The van der Waals surface area contributed by atoms with Crippen molar-refractivity contribution >= 4 is 0 Å². The fraction of sp³-hybridized carbons (Fsp3) is 0.333. The Morgan fingerprint density at radius 1 is 0.741 bits per heavy atom. The van der Waals surface area contributed by atoms with Crippen LogP contribution >= 0.6 is 0 Å². The molecule has 0 saturated carbocycles. The molecule has 2 rings (SSSR count). The maximum absolute atomic E-state index is 13.9. The van der Waals surface area contributed by atoms with Crippen molar-refractivity contribution in [2.75, 3.05) is 0 Å². The molecule has 0 aliphatic carbocycles. The van der Waals surface area contributed by atoms with Crippen molar-refractivity contribution in [3.8, 4) is 0 Å². The van der Waals surface area contributed by atoms with Crippen molar-refractivity contribution < 1.29 is 26.3 Å². The fourth-order valence-corrected chi connectivity index (χ4v) is 3.14. The number of alkyl halides is 6. The van der Waals surface area contributed by atoms with E-state index in [4.69, 9.17) is 0 Å². The van der Waals surface area contributed by atoms with E-state index in [0.717, 1.165) is 12.1 Å². The van der Waals surface area contributed by atoms with Gasteiger partial charge in [0.1, 0.15) is 0 Å². The zero-order valence-electron chi connectivity index (χ0n) is 14.7. The molecule has 146 valence electrons. The molecule has 0 nitrogen and oxygen atoms in total. The molecular weight excluding hydrogens is 366 g/mol. The van der Waals surface area contributed by atoms with Crippen LogP contribution in [0, 0.1) is 0 Å². The Hall–Kier alpha value is -2.24. The van der Waals surface area contributed by atoms with Crippen LogP contribution < -0.4 is 0 Å². The molecule has 0 spiro atoms. The van der Waals surface area contributed by atoms with E-state index in [9.17, 15) is 26.3 Å². The van der Waals surface area contributed by atoms with Gasteiger partial charge in [-0.15, -0.1) is 0 Å². The summed E-state index contributed by atoms with van der Waals surface area (Å²) in [6.45, 7) is 1.66. The number of rotatable bonds is 6. The van der Waals surface area contributed by atoms with Crippen molar-refractivity contribution in [2.24, 2.45) is 0 Å². The monoisotopic (exact) mass is 386 g/mol. The van der Waals surface area contributed by atoms with Gasteiger partial charge in [0.05, 0.1) is 0 Å². The van der Waals surface area contributed by atoms with E-state index in [0.29, 0.717) is 12.0 Å².